The highest BCUT2D eigenvalue weighted by Gasteiger charge is 2.19. The van der Waals surface area contributed by atoms with Crippen LogP contribution in [0.15, 0.2) is 67.3 Å². The lowest BCUT2D eigenvalue weighted by Crippen LogP contribution is -2.13. The van der Waals surface area contributed by atoms with Gasteiger partial charge < -0.3 is 20.5 Å². The van der Waals surface area contributed by atoms with Crippen LogP contribution in [0.1, 0.15) is 17.2 Å². The van der Waals surface area contributed by atoms with Crippen LogP contribution in [0.3, 0.4) is 0 Å². The molecule has 0 fully saturated rings. The van der Waals surface area contributed by atoms with Gasteiger partial charge in [-0.05, 0) is 29.8 Å². The van der Waals surface area contributed by atoms with E-state index in [1.165, 1.54) is 12.4 Å². The first-order chi connectivity index (χ1) is 12.2. The largest absolute Gasteiger partial charge is 0.504 e. The molecule has 0 aliphatic heterocycles. The summed E-state index contributed by atoms with van der Waals surface area (Å²) in [4.78, 5) is 11.4. The van der Waals surface area contributed by atoms with E-state index in [-0.39, 0.29) is 17.5 Å². The molecule has 4 rings (SSSR count). The molecule has 6 heteroatoms. The fourth-order valence-corrected chi connectivity index (χ4v) is 2.92. The van der Waals surface area contributed by atoms with Gasteiger partial charge in [0.05, 0.1) is 6.04 Å². The molecule has 4 N–H and O–H groups in total. The van der Waals surface area contributed by atoms with Gasteiger partial charge in [-0.15, -0.1) is 0 Å². The maximum absolute atomic E-state index is 9.91. The predicted octanol–water partition coefficient (Wildman–Crippen LogP) is 3.57. The highest BCUT2D eigenvalue weighted by atomic mass is 16.3. The molecule has 0 saturated carbocycles. The van der Waals surface area contributed by atoms with Crippen molar-refractivity contribution in [2.24, 2.45) is 0 Å². The summed E-state index contributed by atoms with van der Waals surface area (Å²) in [7, 11) is 0. The van der Waals surface area contributed by atoms with Gasteiger partial charge in [0.25, 0.3) is 0 Å². The molecular formula is C19H16N4O2. The molecule has 2 aromatic heterocycles. The molecule has 0 spiro atoms. The fourth-order valence-electron chi connectivity index (χ4n) is 2.92. The number of rotatable bonds is 4. The van der Waals surface area contributed by atoms with Gasteiger partial charge >= 0.3 is 0 Å². The lowest BCUT2D eigenvalue weighted by atomic mass is 9.97. The minimum Gasteiger partial charge on any atom is -0.504 e. The van der Waals surface area contributed by atoms with Crippen LogP contribution in [0.5, 0.6) is 11.5 Å². The number of fused-ring (bicyclic) bond motifs is 1. The molecule has 0 aliphatic carbocycles. The lowest BCUT2D eigenvalue weighted by Gasteiger charge is -2.20. The van der Waals surface area contributed by atoms with Crippen molar-refractivity contribution in [3.05, 3.63) is 78.4 Å². The Balaban J connectivity index is 1.84. The summed E-state index contributed by atoms with van der Waals surface area (Å²) in [5.74, 6) is 0.355. The van der Waals surface area contributed by atoms with E-state index in [0.717, 1.165) is 22.0 Å². The zero-order chi connectivity index (χ0) is 17.2. The topological polar surface area (TPSA) is 94.1 Å². The van der Waals surface area contributed by atoms with Crippen LogP contribution in [0.2, 0.25) is 0 Å². The maximum atomic E-state index is 9.91. The summed E-state index contributed by atoms with van der Waals surface area (Å²) in [5.41, 5.74) is 2.84. The average Bonchev–Trinajstić information content (AvgIpc) is 3.07. The van der Waals surface area contributed by atoms with Crippen LogP contribution >= 0.6 is 0 Å². The molecule has 0 amide bonds. The number of aromatic nitrogens is 3. The first-order valence-corrected chi connectivity index (χ1v) is 7.83. The quantitative estimate of drug-likeness (QED) is 0.429. The van der Waals surface area contributed by atoms with E-state index in [1.807, 2.05) is 30.5 Å². The minimum atomic E-state index is -0.266. The van der Waals surface area contributed by atoms with E-state index in [9.17, 15) is 10.2 Å². The molecular weight excluding hydrogens is 316 g/mol. The molecule has 4 aromatic rings. The molecule has 124 valence electrons. The molecule has 0 saturated heterocycles. The number of nitrogens with zero attached hydrogens (tertiary/aromatic N) is 2. The van der Waals surface area contributed by atoms with Crippen LogP contribution in [0, 0.1) is 0 Å². The second kappa shape index (κ2) is 6.16. The van der Waals surface area contributed by atoms with Gasteiger partial charge in [0.2, 0.25) is 0 Å². The smallest absolute Gasteiger partial charge is 0.157 e. The van der Waals surface area contributed by atoms with Crippen LogP contribution < -0.4 is 5.32 Å². The number of nitrogens with one attached hydrogen (secondary N) is 2. The van der Waals surface area contributed by atoms with Gasteiger partial charge in [-0.1, -0.05) is 24.3 Å². The standard InChI is InChI=1S/C19H16N4O2/c24-16-6-5-12(9-17(16)25)19(23-18-7-8-20-11-22-18)14-10-21-15-4-2-1-3-13(14)15/h1-11,19,21,24-25H,(H,20,22,23). The number of para-hydroxylation sites is 1. The molecule has 0 radical (unpaired) electrons. The van der Waals surface area contributed by atoms with E-state index in [0.29, 0.717) is 5.82 Å². The Morgan fingerprint density at radius 1 is 1.00 bits per heavy atom. The maximum Gasteiger partial charge on any atom is 0.157 e. The van der Waals surface area contributed by atoms with E-state index >= 15 is 0 Å². The number of hydrogen-bond acceptors (Lipinski definition) is 5. The number of phenols is 2. The van der Waals surface area contributed by atoms with Crippen molar-refractivity contribution in [2.75, 3.05) is 5.32 Å². The highest BCUT2D eigenvalue weighted by molar-refractivity contribution is 5.84. The Kier molecular flexibility index (Phi) is 3.70. The predicted molar refractivity (Wildman–Crippen MR) is 95.6 cm³/mol. The monoisotopic (exact) mass is 332 g/mol. The number of hydrogen-bond donors (Lipinski definition) is 4. The second-order valence-corrected chi connectivity index (χ2v) is 5.71. The Hall–Kier alpha value is -3.54. The molecule has 1 unspecified atom stereocenters. The number of aromatic hydroxyl groups is 2. The van der Waals surface area contributed by atoms with Crippen molar-refractivity contribution in [2.45, 2.75) is 6.04 Å². The Morgan fingerprint density at radius 3 is 2.68 bits per heavy atom. The molecule has 25 heavy (non-hydrogen) atoms. The van der Waals surface area contributed by atoms with Crippen molar-refractivity contribution in [3.8, 4) is 11.5 Å². The number of anilines is 1. The average molecular weight is 332 g/mol. The summed E-state index contributed by atoms with van der Waals surface area (Å²) in [5, 5.41) is 24.0. The number of H-pyrrole nitrogens is 1. The number of aromatic amines is 1. The summed E-state index contributed by atoms with van der Waals surface area (Å²) >= 11 is 0. The Morgan fingerprint density at radius 2 is 1.88 bits per heavy atom. The molecule has 2 aromatic carbocycles. The summed E-state index contributed by atoms with van der Waals surface area (Å²) < 4.78 is 0. The molecule has 6 nitrogen and oxygen atoms in total. The third-order valence-electron chi connectivity index (χ3n) is 4.14. The van der Waals surface area contributed by atoms with Crippen LogP contribution in [-0.2, 0) is 0 Å². The third-order valence-corrected chi connectivity index (χ3v) is 4.14. The zero-order valence-corrected chi connectivity index (χ0v) is 13.2. The fraction of sp³-hybridized carbons (Fsp3) is 0.0526. The summed E-state index contributed by atoms with van der Waals surface area (Å²) in [6.07, 6.45) is 5.08. The first kappa shape index (κ1) is 15.0. The van der Waals surface area contributed by atoms with E-state index in [1.54, 1.807) is 24.4 Å². The molecule has 0 bridgehead atoms. The van der Waals surface area contributed by atoms with E-state index in [2.05, 4.69) is 20.3 Å². The summed E-state index contributed by atoms with van der Waals surface area (Å²) in [6.45, 7) is 0. The van der Waals surface area contributed by atoms with Gasteiger partial charge in [0.15, 0.2) is 11.5 Å². The van der Waals surface area contributed by atoms with Gasteiger partial charge in [0.1, 0.15) is 12.1 Å². The van der Waals surface area contributed by atoms with E-state index in [4.69, 9.17) is 0 Å². The minimum absolute atomic E-state index is 0.150. The highest BCUT2D eigenvalue weighted by Crippen LogP contribution is 2.35. The van der Waals surface area contributed by atoms with Gasteiger partial charge in [0, 0.05) is 28.9 Å². The van der Waals surface area contributed by atoms with Crippen molar-refractivity contribution in [1.82, 2.24) is 15.0 Å². The van der Waals surface area contributed by atoms with Crippen LogP contribution in [0.4, 0.5) is 5.82 Å². The SMILES string of the molecule is Oc1ccc(C(Nc2ccncn2)c2c[nH]c3ccccc23)cc1O. The second-order valence-electron chi connectivity index (χ2n) is 5.71. The van der Waals surface area contributed by atoms with Crippen molar-refractivity contribution >= 4 is 16.7 Å². The van der Waals surface area contributed by atoms with E-state index < -0.39 is 0 Å². The van der Waals surface area contributed by atoms with Gasteiger partial charge in [-0.2, -0.15) is 0 Å². The Bertz CT molecular complexity index is 1010. The van der Waals surface area contributed by atoms with Crippen molar-refractivity contribution in [3.63, 3.8) is 0 Å². The number of phenolic OH excluding ortho intramolecular Hbond substituents is 2. The normalized spacial score (nSPS) is 12.2. The Labute approximate surface area is 143 Å². The van der Waals surface area contributed by atoms with Crippen LogP contribution in [-0.4, -0.2) is 25.2 Å². The molecule has 1 atom stereocenters. The van der Waals surface area contributed by atoms with Crippen LogP contribution in [0.25, 0.3) is 10.9 Å². The molecule has 0 aliphatic rings. The zero-order valence-electron chi connectivity index (χ0n) is 13.2. The van der Waals surface area contributed by atoms with Gasteiger partial charge in [-0.25, -0.2) is 9.97 Å². The van der Waals surface area contributed by atoms with Crippen molar-refractivity contribution < 1.29 is 10.2 Å². The lowest BCUT2D eigenvalue weighted by molar-refractivity contribution is 0.403. The third kappa shape index (κ3) is 2.85. The van der Waals surface area contributed by atoms with Gasteiger partial charge in [-0.3, -0.25) is 0 Å². The first-order valence-electron chi connectivity index (χ1n) is 7.83. The number of benzene rings is 2. The molecule has 2 heterocycles. The van der Waals surface area contributed by atoms with Crippen molar-refractivity contribution in [1.29, 1.82) is 0 Å². The summed E-state index contributed by atoms with van der Waals surface area (Å²) in [6, 6.07) is 14.3.